The summed E-state index contributed by atoms with van der Waals surface area (Å²) in [4.78, 5) is 39.7. The van der Waals surface area contributed by atoms with Gasteiger partial charge in [0, 0.05) is 30.4 Å². The molecule has 1 heterocycles. The molecule has 6 nitrogen and oxygen atoms in total. The van der Waals surface area contributed by atoms with Crippen LogP contribution in [-0.2, 0) is 16.1 Å². The maximum absolute atomic E-state index is 13.2. The van der Waals surface area contributed by atoms with Crippen LogP contribution < -0.4 is 0 Å². The standard InChI is InChI=1S/C24H30N2O4/c1-6-15-25(21(28)14-13-19-11-9-8-10-12-19)16-20(27)22-17(3)23(24(29)30-5)26(7-2)18(22)4/h8-14H,6-7,15-16H2,1-5H3/b14-13+. The number of ether oxygens (including phenoxy) is 1. The average Bonchev–Trinajstić information content (AvgIpc) is 3.01. The Labute approximate surface area is 178 Å². The van der Waals surface area contributed by atoms with Crippen LogP contribution in [0.5, 0.6) is 0 Å². The molecule has 1 aromatic heterocycles. The first-order chi connectivity index (χ1) is 14.3. The van der Waals surface area contributed by atoms with Crippen molar-refractivity contribution < 1.29 is 19.1 Å². The number of esters is 1. The maximum Gasteiger partial charge on any atom is 0.354 e. The lowest BCUT2D eigenvalue weighted by atomic mass is 10.0. The van der Waals surface area contributed by atoms with E-state index in [4.69, 9.17) is 4.74 Å². The predicted octanol–water partition coefficient (Wildman–Crippen LogP) is 4.05. The fourth-order valence-electron chi connectivity index (χ4n) is 3.69. The van der Waals surface area contributed by atoms with Crippen LogP contribution >= 0.6 is 0 Å². The number of Topliss-reactive ketones (excluding diaryl/α,β-unsaturated/α-hetero) is 1. The Bertz CT molecular complexity index is 942. The van der Waals surface area contributed by atoms with Crippen LogP contribution in [0.4, 0.5) is 0 Å². The molecule has 0 unspecified atom stereocenters. The lowest BCUT2D eigenvalue weighted by Crippen LogP contribution is -2.35. The third-order valence-corrected chi connectivity index (χ3v) is 5.10. The van der Waals surface area contributed by atoms with Crippen molar-refractivity contribution in [3.05, 3.63) is 64.5 Å². The van der Waals surface area contributed by atoms with E-state index < -0.39 is 5.97 Å². The van der Waals surface area contributed by atoms with Crippen molar-refractivity contribution in [2.75, 3.05) is 20.2 Å². The van der Waals surface area contributed by atoms with Gasteiger partial charge in [0.2, 0.25) is 5.91 Å². The normalized spacial score (nSPS) is 11.0. The second-order valence-electron chi connectivity index (χ2n) is 7.10. The van der Waals surface area contributed by atoms with E-state index in [2.05, 4.69) is 0 Å². The molecule has 1 aromatic carbocycles. The second kappa shape index (κ2) is 10.6. The maximum atomic E-state index is 13.2. The summed E-state index contributed by atoms with van der Waals surface area (Å²) < 4.78 is 6.68. The lowest BCUT2D eigenvalue weighted by Gasteiger charge is -2.20. The van der Waals surface area contributed by atoms with Crippen LogP contribution in [0.3, 0.4) is 0 Å². The molecule has 0 atom stereocenters. The van der Waals surface area contributed by atoms with E-state index in [0.29, 0.717) is 35.6 Å². The monoisotopic (exact) mass is 410 g/mol. The molecule has 0 saturated carbocycles. The highest BCUT2D eigenvalue weighted by molar-refractivity contribution is 6.05. The molecule has 0 aliphatic heterocycles. The summed E-state index contributed by atoms with van der Waals surface area (Å²) in [6.07, 6.45) is 3.98. The van der Waals surface area contributed by atoms with Gasteiger partial charge in [-0.05, 0) is 44.4 Å². The third kappa shape index (κ3) is 5.06. The molecule has 2 aromatic rings. The van der Waals surface area contributed by atoms with Gasteiger partial charge in [0.1, 0.15) is 5.69 Å². The van der Waals surface area contributed by atoms with Crippen LogP contribution in [0.1, 0.15) is 57.9 Å². The van der Waals surface area contributed by atoms with Crippen LogP contribution in [0.25, 0.3) is 6.08 Å². The minimum absolute atomic E-state index is 0.0399. The predicted molar refractivity (Wildman–Crippen MR) is 118 cm³/mol. The van der Waals surface area contributed by atoms with E-state index in [-0.39, 0.29) is 18.2 Å². The van der Waals surface area contributed by atoms with Gasteiger partial charge in [-0.3, -0.25) is 9.59 Å². The summed E-state index contributed by atoms with van der Waals surface area (Å²) >= 11 is 0. The number of aromatic nitrogens is 1. The zero-order chi connectivity index (χ0) is 22.3. The molecule has 0 bridgehead atoms. The second-order valence-corrected chi connectivity index (χ2v) is 7.10. The van der Waals surface area contributed by atoms with E-state index in [1.807, 2.05) is 51.1 Å². The molecule has 30 heavy (non-hydrogen) atoms. The Kier molecular flexibility index (Phi) is 8.16. The molecule has 0 aliphatic rings. The summed E-state index contributed by atoms with van der Waals surface area (Å²) in [5, 5.41) is 0. The molecule has 6 heteroatoms. The number of hydrogen-bond donors (Lipinski definition) is 0. The van der Waals surface area contributed by atoms with Crippen LogP contribution in [-0.4, -0.2) is 47.3 Å². The van der Waals surface area contributed by atoms with Gasteiger partial charge in [-0.2, -0.15) is 0 Å². The summed E-state index contributed by atoms with van der Waals surface area (Å²) in [5.74, 6) is -0.867. The van der Waals surface area contributed by atoms with Gasteiger partial charge >= 0.3 is 5.97 Å². The highest BCUT2D eigenvalue weighted by Gasteiger charge is 2.27. The molecular formula is C24H30N2O4. The van der Waals surface area contributed by atoms with Crippen LogP contribution in [0, 0.1) is 13.8 Å². The van der Waals surface area contributed by atoms with Gasteiger partial charge in [-0.25, -0.2) is 4.79 Å². The molecule has 2 rings (SSSR count). The Morgan fingerprint density at radius 1 is 1.10 bits per heavy atom. The molecule has 1 amide bonds. The Morgan fingerprint density at radius 2 is 1.77 bits per heavy atom. The molecule has 0 aliphatic carbocycles. The molecule has 0 radical (unpaired) electrons. The van der Waals surface area contributed by atoms with Gasteiger partial charge in [-0.15, -0.1) is 0 Å². The largest absolute Gasteiger partial charge is 0.464 e. The number of benzene rings is 1. The zero-order valence-electron chi connectivity index (χ0n) is 18.4. The van der Waals surface area contributed by atoms with Crippen molar-refractivity contribution in [2.45, 2.75) is 40.7 Å². The van der Waals surface area contributed by atoms with E-state index in [9.17, 15) is 14.4 Å². The molecule has 0 N–H and O–H groups in total. The first-order valence-corrected chi connectivity index (χ1v) is 10.2. The van der Waals surface area contributed by atoms with E-state index in [1.54, 1.807) is 22.5 Å². The fourth-order valence-corrected chi connectivity index (χ4v) is 3.69. The highest BCUT2D eigenvalue weighted by Crippen LogP contribution is 2.24. The lowest BCUT2D eigenvalue weighted by molar-refractivity contribution is -0.125. The number of rotatable bonds is 9. The van der Waals surface area contributed by atoms with Gasteiger partial charge in [0.25, 0.3) is 0 Å². The number of carbonyl (C=O) groups excluding carboxylic acids is 3. The first-order valence-electron chi connectivity index (χ1n) is 10.2. The van der Waals surface area contributed by atoms with E-state index in [0.717, 1.165) is 12.0 Å². The van der Waals surface area contributed by atoms with Crippen molar-refractivity contribution in [1.82, 2.24) is 9.47 Å². The Balaban J connectivity index is 2.29. The number of nitrogens with zero attached hydrogens (tertiary/aromatic N) is 2. The van der Waals surface area contributed by atoms with Crippen LogP contribution in [0.15, 0.2) is 36.4 Å². The molecular weight excluding hydrogens is 380 g/mol. The number of carbonyl (C=O) groups is 3. The Morgan fingerprint density at radius 3 is 2.33 bits per heavy atom. The van der Waals surface area contributed by atoms with E-state index in [1.165, 1.54) is 13.2 Å². The fraction of sp³-hybridized carbons (Fsp3) is 0.375. The molecule has 160 valence electrons. The van der Waals surface area contributed by atoms with Gasteiger partial charge in [0.05, 0.1) is 13.7 Å². The molecule has 0 saturated heterocycles. The van der Waals surface area contributed by atoms with Crippen molar-refractivity contribution >= 4 is 23.7 Å². The van der Waals surface area contributed by atoms with Gasteiger partial charge in [-0.1, -0.05) is 37.3 Å². The summed E-state index contributed by atoms with van der Waals surface area (Å²) in [6.45, 7) is 8.42. The van der Waals surface area contributed by atoms with Gasteiger partial charge < -0.3 is 14.2 Å². The number of hydrogen-bond acceptors (Lipinski definition) is 4. The summed E-state index contributed by atoms with van der Waals surface area (Å²) in [7, 11) is 1.33. The van der Waals surface area contributed by atoms with Crippen LogP contribution in [0.2, 0.25) is 0 Å². The highest BCUT2D eigenvalue weighted by atomic mass is 16.5. The smallest absolute Gasteiger partial charge is 0.354 e. The van der Waals surface area contributed by atoms with Crippen molar-refractivity contribution in [1.29, 1.82) is 0 Å². The first kappa shape index (κ1) is 23.1. The number of amides is 1. The quantitative estimate of drug-likeness (QED) is 0.355. The Hall–Kier alpha value is -3.15. The molecule has 0 fully saturated rings. The third-order valence-electron chi connectivity index (χ3n) is 5.10. The minimum atomic E-state index is -0.469. The van der Waals surface area contributed by atoms with Crippen molar-refractivity contribution in [2.24, 2.45) is 0 Å². The minimum Gasteiger partial charge on any atom is -0.464 e. The summed E-state index contributed by atoms with van der Waals surface area (Å²) in [5.41, 5.74) is 3.10. The zero-order valence-corrected chi connectivity index (χ0v) is 18.4. The average molecular weight is 411 g/mol. The topological polar surface area (TPSA) is 68.6 Å². The summed E-state index contributed by atoms with van der Waals surface area (Å²) in [6, 6.07) is 9.54. The SMILES string of the molecule is CCCN(CC(=O)c1c(C)c(C(=O)OC)n(CC)c1C)C(=O)/C=C/c1ccccc1. The van der Waals surface area contributed by atoms with Crippen molar-refractivity contribution in [3.63, 3.8) is 0 Å². The molecule has 0 spiro atoms. The number of ketones is 1. The van der Waals surface area contributed by atoms with Crippen molar-refractivity contribution in [3.8, 4) is 0 Å². The number of methoxy groups -OCH3 is 1. The van der Waals surface area contributed by atoms with Gasteiger partial charge in [0.15, 0.2) is 5.78 Å². The van der Waals surface area contributed by atoms with E-state index >= 15 is 0 Å².